The Morgan fingerprint density at radius 1 is 1.03 bits per heavy atom. The number of rotatable bonds is 8. The Kier molecular flexibility index (Phi) is 8.41. The highest BCUT2D eigenvalue weighted by atomic mass is 32.2. The molecule has 4 rings (SSSR count). The van der Waals surface area contributed by atoms with Crippen molar-refractivity contribution in [1.29, 1.82) is 0 Å². The number of amides is 2. The average molecular weight is 558 g/mol. The van der Waals surface area contributed by atoms with Crippen LogP contribution in [0.3, 0.4) is 0 Å². The van der Waals surface area contributed by atoms with Crippen LogP contribution in [-0.2, 0) is 9.84 Å². The molecule has 1 aliphatic heterocycles. The monoisotopic (exact) mass is 557 g/mol. The molecule has 1 saturated heterocycles. The molecule has 2 amide bonds. The third-order valence-corrected chi connectivity index (χ3v) is 7.45. The van der Waals surface area contributed by atoms with E-state index in [4.69, 9.17) is 9.47 Å². The molecular formula is C28H32FN3O6S. The van der Waals surface area contributed by atoms with Gasteiger partial charge in [-0.05, 0) is 61.6 Å². The molecule has 0 saturated carbocycles. The van der Waals surface area contributed by atoms with E-state index < -0.39 is 21.4 Å². The number of piperidine rings is 1. The molecule has 0 unspecified atom stereocenters. The molecule has 11 heteroatoms. The Morgan fingerprint density at radius 3 is 2.15 bits per heavy atom. The first-order valence-corrected chi connectivity index (χ1v) is 14.5. The summed E-state index contributed by atoms with van der Waals surface area (Å²) >= 11 is 0. The van der Waals surface area contributed by atoms with E-state index in [1.165, 1.54) is 42.6 Å². The van der Waals surface area contributed by atoms with E-state index in [0.29, 0.717) is 61.2 Å². The molecule has 208 valence electrons. The van der Waals surface area contributed by atoms with Gasteiger partial charge in [0, 0.05) is 43.2 Å². The first kappa shape index (κ1) is 28.3. The number of pyridine rings is 1. The van der Waals surface area contributed by atoms with Crippen molar-refractivity contribution >= 4 is 21.6 Å². The molecule has 0 spiro atoms. The van der Waals surface area contributed by atoms with Gasteiger partial charge in [-0.15, -0.1) is 0 Å². The topological polar surface area (TPSA) is 118 Å². The molecule has 39 heavy (non-hydrogen) atoms. The van der Waals surface area contributed by atoms with Crippen LogP contribution in [-0.4, -0.2) is 54.4 Å². The maximum absolute atomic E-state index is 13.2. The van der Waals surface area contributed by atoms with Gasteiger partial charge in [-0.2, -0.15) is 4.39 Å². The molecule has 1 aromatic heterocycles. The second-order valence-electron chi connectivity index (χ2n) is 10.2. The zero-order valence-electron chi connectivity index (χ0n) is 22.1. The van der Waals surface area contributed by atoms with Gasteiger partial charge in [0.1, 0.15) is 23.0 Å². The van der Waals surface area contributed by atoms with Crippen LogP contribution in [0.1, 0.15) is 33.1 Å². The van der Waals surface area contributed by atoms with Gasteiger partial charge in [0.25, 0.3) is 0 Å². The number of aromatic nitrogens is 1. The van der Waals surface area contributed by atoms with Crippen LogP contribution in [0.5, 0.6) is 23.0 Å². The number of nitrogens with one attached hydrogen (secondary N) is 1. The summed E-state index contributed by atoms with van der Waals surface area (Å²) < 4.78 is 48.5. The Hall–Kier alpha value is -3.70. The smallest absolute Gasteiger partial charge is 0.321 e. The Bertz CT molecular complexity index is 1400. The lowest BCUT2D eigenvalue weighted by molar-refractivity contribution is -0.0268. The van der Waals surface area contributed by atoms with Crippen LogP contribution >= 0.6 is 0 Å². The summed E-state index contributed by atoms with van der Waals surface area (Å²) in [6, 6.07) is 13.0. The van der Waals surface area contributed by atoms with Crippen molar-refractivity contribution in [2.24, 2.45) is 5.92 Å². The first-order chi connectivity index (χ1) is 18.4. The fourth-order valence-electron chi connectivity index (χ4n) is 4.50. The number of benzene rings is 2. The molecule has 0 aliphatic carbocycles. The lowest BCUT2D eigenvalue weighted by Gasteiger charge is -2.39. The highest BCUT2D eigenvalue weighted by molar-refractivity contribution is 7.90. The van der Waals surface area contributed by atoms with Gasteiger partial charge < -0.3 is 24.8 Å². The number of likely N-dealkylation sites (tertiary alicyclic amines) is 1. The summed E-state index contributed by atoms with van der Waals surface area (Å²) in [5.41, 5.74) is -0.381. The molecule has 0 radical (unpaired) electrons. The third kappa shape index (κ3) is 7.90. The van der Waals surface area contributed by atoms with Crippen molar-refractivity contribution < 1.29 is 32.2 Å². The van der Waals surface area contributed by atoms with E-state index >= 15 is 0 Å². The van der Waals surface area contributed by atoms with Gasteiger partial charge in [-0.1, -0.05) is 13.8 Å². The van der Waals surface area contributed by atoms with Crippen LogP contribution < -0.4 is 14.8 Å². The summed E-state index contributed by atoms with van der Waals surface area (Å²) in [6.45, 7) is 4.97. The standard InChI is InChI=1S/C28H32FN3O6S/c1-19(2)17-28(34)10-12-32(13-11-28)27(33)31-20-14-23(37-21-4-7-25(8-5-21)39(3,35)36)16-24(15-20)38-22-6-9-26(29)30-18-22/h4-9,14-16,18-19,34H,10-13,17H2,1-3H3,(H,31,33). The fourth-order valence-corrected chi connectivity index (χ4v) is 5.13. The van der Waals surface area contributed by atoms with Crippen LogP contribution in [0.15, 0.2) is 65.7 Å². The SMILES string of the molecule is CC(C)CC1(O)CCN(C(=O)Nc2cc(Oc3ccc(S(C)(=O)=O)cc3)cc(Oc3ccc(F)nc3)c2)CC1. The van der Waals surface area contributed by atoms with Gasteiger partial charge in [0.2, 0.25) is 5.95 Å². The lowest BCUT2D eigenvalue weighted by Crippen LogP contribution is -2.48. The van der Waals surface area contributed by atoms with Crippen LogP contribution in [0.25, 0.3) is 0 Å². The predicted octanol–water partition coefficient (Wildman–Crippen LogP) is 5.61. The van der Waals surface area contributed by atoms with E-state index in [1.807, 2.05) is 0 Å². The van der Waals surface area contributed by atoms with Crippen LogP contribution in [0, 0.1) is 11.9 Å². The van der Waals surface area contributed by atoms with E-state index in [1.54, 1.807) is 23.1 Å². The maximum atomic E-state index is 13.2. The third-order valence-electron chi connectivity index (χ3n) is 6.32. The van der Waals surface area contributed by atoms with Crippen molar-refractivity contribution in [3.63, 3.8) is 0 Å². The average Bonchev–Trinajstić information content (AvgIpc) is 2.85. The van der Waals surface area contributed by atoms with Crippen molar-refractivity contribution in [3.05, 3.63) is 66.7 Å². The van der Waals surface area contributed by atoms with Crippen molar-refractivity contribution in [2.75, 3.05) is 24.7 Å². The van der Waals surface area contributed by atoms with E-state index in [2.05, 4.69) is 24.1 Å². The minimum Gasteiger partial charge on any atom is -0.457 e. The molecule has 2 heterocycles. The van der Waals surface area contributed by atoms with Gasteiger partial charge in [0.15, 0.2) is 9.84 Å². The highest BCUT2D eigenvalue weighted by Gasteiger charge is 2.34. The number of hydrogen-bond donors (Lipinski definition) is 2. The molecule has 9 nitrogen and oxygen atoms in total. The molecular weight excluding hydrogens is 525 g/mol. The maximum Gasteiger partial charge on any atom is 0.321 e. The van der Waals surface area contributed by atoms with Gasteiger partial charge in [0.05, 0.1) is 16.7 Å². The minimum atomic E-state index is -3.36. The first-order valence-electron chi connectivity index (χ1n) is 12.6. The number of carbonyl (C=O) groups excluding carboxylic acids is 1. The number of anilines is 1. The fraction of sp³-hybridized carbons (Fsp3) is 0.357. The zero-order valence-corrected chi connectivity index (χ0v) is 22.9. The summed E-state index contributed by atoms with van der Waals surface area (Å²) in [4.78, 5) is 18.4. The van der Waals surface area contributed by atoms with Crippen molar-refractivity contribution in [1.82, 2.24) is 9.88 Å². The second-order valence-corrected chi connectivity index (χ2v) is 12.2. The lowest BCUT2D eigenvalue weighted by atomic mass is 9.84. The number of hydrogen-bond acceptors (Lipinski definition) is 7. The number of ether oxygens (including phenoxy) is 2. The Morgan fingerprint density at radius 2 is 1.62 bits per heavy atom. The largest absolute Gasteiger partial charge is 0.457 e. The molecule has 3 aromatic rings. The summed E-state index contributed by atoms with van der Waals surface area (Å²) in [7, 11) is -3.36. The second kappa shape index (κ2) is 11.6. The Labute approximate surface area is 227 Å². The number of urea groups is 1. The number of aliphatic hydroxyl groups is 1. The van der Waals surface area contributed by atoms with E-state index in [9.17, 15) is 22.7 Å². The van der Waals surface area contributed by atoms with E-state index in [0.717, 1.165) is 6.26 Å². The number of carbonyl (C=O) groups is 1. The summed E-state index contributed by atoms with van der Waals surface area (Å²) in [6.07, 6.45) is 4.04. The van der Waals surface area contributed by atoms with Crippen molar-refractivity contribution in [3.8, 4) is 23.0 Å². The number of nitrogens with zero attached hydrogens (tertiary/aromatic N) is 2. The molecule has 2 N–H and O–H groups in total. The molecule has 0 atom stereocenters. The molecule has 1 fully saturated rings. The molecule has 1 aliphatic rings. The zero-order chi connectivity index (χ0) is 28.2. The van der Waals surface area contributed by atoms with Crippen LogP contribution in [0.4, 0.5) is 14.9 Å². The Balaban J connectivity index is 1.53. The summed E-state index contributed by atoms with van der Waals surface area (Å²) in [5.74, 6) is 0.982. The van der Waals surface area contributed by atoms with Crippen LogP contribution in [0.2, 0.25) is 0 Å². The predicted molar refractivity (Wildman–Crippen MR) is 145 cm³/mol. The highest BCUT2D eigenvalue weighted by Crippen LogP contribution is 2.34. The van der Waals surface area contributed by atoms with Gasteiger partial charge in [-0.25, -0.2) is 18.2 Å². The van der Waals surface area contributed by atoms with Crippen molar-refractivity contribution in [2.45, 2.75) is 43.6 Å². The van der Waals surface area contributed by atoms with E-state index in [-0.39, 0.29) is 16.7 Å². The van der Waals surface area contributed by atoms with Gasteiger partial charge in [-0.3, -0.25) is 0 Å². The number of sulfone groups is 1. The molecule has 2 aromatic carbocycles. The summed E-state index contributed by atoms with van der Waals surface area (Å²) in [5, 5.41) is 13.7. The van der Waals surface area contributed by atoms with Gasteiger partial charge >= 0.3 is 6.03 Å². The minimum absolute atomic E-state index is 0.158. The molecule has 0 bridgehead atoms. The normalized spacial score (nSPS) is 15.2. The quantitative estimate of drug-likeness (QED) is 0.346. The number of halogens is 1.